The molecule has 1 aliphatic rings. The van der Waals surface area contributed by atoms with Crippen LogP contribution in [0.4, 0.5) is 11.4 Å². The van der Waals surface area contributed by atoms with Gasteiger partial charge in [0.1, 0.15) is 5.92 Å². The van der Waals surface area contributed by atoms with Gasteiger partial charge in [-0.3, -0.25) is 14.6 Å². The minimum absolute atomic E-state index is 0.109. The molecular weight excluding hydrogens is 426 g/mol. The molecule has 3 N–H and O–H groups in total. The molecule has 0 spiro atoms. The van der Waals surface area contributed by atoms with Gasteiger partial charge in [-0.2, -0.15) is 0 Å². The zero-order valence-corrected chi connectivity index (χ0v) is 18.2. The summed E-state index contributed by atoms with van der Waals surface area (Å²) in [6.45, 7) is 0.692. The summed E-state index contributed by atoms with van der Waals surface area (Å²) in [5.41, 5.74) is 5.12. The smallest absolute Gasteiger partial charge is 0.307 e. The summed E-state index contributed by atoms with van der Waals surface area (Å²) < 4.78 is 0. The summed E-state index contributed by atoms with van der Waals surface area (Å²) in [5, 5.41) is 15.8. The molecule has 1 amide bonds. The topological polar surface area (TPSA) is 90.8 Å². The van der Waals surface area contributed by atoms with Gasteiger partial charge in [-0.05, 0) is 59.6 Å². The van der Waals surface area contributed by atoms with Crippen LogP contribution < -0.4 is 10.6 Å². The van der Waals surface area contributed by atoms with Gasteiger partial charge in [0, 0.05) is 17.3 Å². The lowest BCUT2D eigenvalue weighted by atomic mass is 9.89. The van der Waals surface area contributed by atoms with E-state index in [2.05, 4.69) is 10.6 Å². The van der Waals surface area contributed by atoms with Crippen molar-refractivity contribution in [2.24, 2.45) is 4.99 Å². The monoisotopic (exact) mass is 447 g/mol. The van der Waals surface area contributed by atoms with Crippen LogP contribution in [-0.4, -0.2) is 29.7 Å². The van der Waals surface area contributed by atoms with Gasteiger partial charge in [-0.15, -0.1) is 0 Å². The second-order valence-electron chi connectivity index (χ2n) is 7.62. The van der Waals surface area contributed by atoms with E-state index in [9.17, 15) is 14.7 Å². The van der Waals surface area contributed by atoms with Crippen LogP contribution in [0.3, 0.4) is 0 Å². The van der Waals surface area contributed by atoms with Crippen LogP contribution in [0.5, 0.6) is 0 Å². The van der Waals surface area contributed by atoms with E-state index in [1.165, 1.54) is 0 Å². The number of amides is 1. The Kier molecular flexibility index (Phi) is 6.35. The molecule has 3 aromatic carbocycles. The first-order chi connectivity index (χ1) is 15.4. The van der Waals surface area contributed by atoms with E-state index in [1.54, 1.807) is 30.3 Å². The lowest BCUT2D eigenvalue weighted by molar-refractivity contribution is -0.136. The molecule has 1 heterocycles. The van der Waals surface area contributed by atoms with Crippen molar-refractivity contribution in [1.29, 1.82) is 0 Å². The Morgan fingerprint density at radius 2 is 1.88 bits per heavy atom. The van der Waals surface area contributed by atoms with Crippen molar-refractivity contribution >= 4 is 40.6 Å². The van der Waals surface area contributed by atoms with Gasteiger partial charge in [0.25, 0.3) is 0 Å². The molecule has 4 rings (SSSR count). The van der Waals surface area contributed by atoms with E-state index in [0.29, 0.717) is 39.8 Å². The lowest BCUT2D eigenvalue weighted by Gasteiger charge is -2.15. The summed E-state index contributed by atoms with van der Waals surface area (Å²) in [5.74, 6) is -1.76. The summed E-state index contributed by atoms with van der Waals surface area (Å²) in [7, 11) is 1.88. The third-order valence-corrected chi connectivity index (χ3v) is 5.47. The molecule has 1 unspecified atom stereocenters. The summed E-state index contributed by atoms with van der Waals surface area (Å²) >= 11 is 6.12. The number of rotatable bonds is 7. The maximum absolute atomic E-state index is 13.0. The number of halogens is 1. The summed E-state index contributed by atoms with van der Waals surface area (Å²) in [4.78, 5) is 29.2. The van der Waals surface area contributed by atoms with E-state index in [4.69, 9.17) is 16.6 Å². The average Bonchev–Trinajstić information content (AvgIpc) is 3.07. The fourth-order valence-electron chi connectivity index (χ4n) is 3.90. The van der Waals surface area contributed by atoms with Gasteiger partial charge in [0.15, 0.2) is 0 Å². The third-order valence-electron chi connectivity index (χ3n) is 5.24. The molecule has 162 valence electrons. The molecule has 1 aliphatic heterocycles. The van der Waals surface area contributed by atoms with E-state index < -0.39 is 11.9 Å². The minimum Gasteiger partial charge on any atom is -0.481 e. The minimum atomic E-state index is -0.918. The first kappa shape index (κ1) is 21.7. The van der Waals surface area contributed by atoms with Crippen molar-refractivity contribution in [1.82, 2.24) is 5.32 Å². The van der Waals surface area contributed by atoms with E-state index in [0.717, 1.165) is 11.1 Å². The number of anilines is 1. The number of carbonyl (C=O) groups is 2. The molecule has 32 heavy (non-hydrogen) atoms. The van der Waals surface area contributed by atoms with Crippen molar-refractivity contribution in [2.45, 2.75) is 18.9 Å². The van der Waals surface area contributed by atoms with Crippen LogP contribution in [0.25, 0.3) is 0 Å². The third kappa shape index (κ3) is 4.72. The van der Waals surface area contributed by atoms with Crippen LogP contribution in [0.15, 0.2) is 71.7 Å². The molecule has 0 aliphatic carbocycles. The summed E-state index contributed by atoms with van der Waals surface area (Å²) in [6.07, 6.45) is -0.109. The van der Waals surface area contributed by atoms with Crippen LogP contribution in [0.1, 0.15) is 28.2 Å². The summed E-state index contributed by atoms with van der Waals surface area (Å²) in [6, 6.07) is 20.3. The number of benzene rings is 3. The fraction of sp³-hybridized carbons (Fsp3) is 0.160. The molecule has 1 atom stereocenters. The molecule has 0 saturated carbocycles. The molecule has 6 nitrogen and oxygen atoms in total. The number of carboxylic acids is 1. The SMILES string of the molecule is CNCc1cccc(N=C(c2cccc(CC(=O)O)c2)C2C(=O)Nc3cc(Cl)ccc32)c1. The number of nitrogens with zero attached hydrogens (tertiary/aromatic N) is 1. The van der Waals surface area contributed by atoms with Gasteiger partial charge < -0.3 is 15.7 Å². The molecular formula is C25H22ClN3O3. The molecule has 7 heteroatoms. The number of hydrogen-bond donors (Lipinski definition) is 3. The van der Waals surface area contributed by atoms with Crippen LogP contribution in [0.2, 0.25) is 5.02 Å². The van der Waals surface area contributed by atoms with Crippen LogP contribution in [-0.2, 0) is 22.6 Å². The average molecular weight is 448 g/mol. The zero-order chi connectivity index (χ0) is 22.7. The Bertz CT molecular complexity index is 1220. The molecule has 0 radical (unpaired) electrons. The highest BCUT2D eigenvalue weighted by atomic mass is 35.5. The predicted molar refractivity (Wildman–Crippen MR) is 126 cm³/mol. The fourth-order valence-corrected chi connectivity index (χ4v) is 4.07. The van der Waals surface area contributed by atoms with Gasteiger partial charge in [0.05, 0.1) is 17.8 Å². The van der Waals surface area contributed by atoms with E-state index in [1.807, 2.05) is 43.4 Å². The number of fused-ring (bicyclic) bond motifs is 1. The highest BCUT2D eigenvalue weighted by Crippen LogP contribution is 2.38. The van der Waals surface area contributed by atoms with Gasteiger partial charge in [-0.25, -0.2) is 0 Å². The lowest BCUT2D eigenvalue weighted by Crippen LogP contribution is -2.22. The Morgan fingerprint density at radius 1 is 1.09 bits per heavy atom. The molecule has 0 fully saturated rings. The number of aliphatic imine (C=N–C) groups is 1. The normalized spacial score (nSPS) is 15.4. The molecule has 0 saturated heterocycles. The van der Waals surface area contributed by atoms with Crippen LogP contribution >= 0.6 is 11.6 Å². The number of hydrogen-bond acceptors (Lipinski definition) is 4. The van der Waals surface area contributed by atoms with Crippen molar-refractivity contribution < 1.29 is 14.7 Å². The van der Waals surface area contributed by atoms with Crippen molar-refractivity contribution in [2.75, 3.05) is 12.4 Å². The second kappa shape index (κ2) is 9.34. The first-order valence-electron chi connectivity index (χ1n) is 10.2. The van der Waals surface area contributed by atoms with Crippen LogP contribution in [0, 0.1) is 0 Å². The zero-order valence-electron chi connectivity index (χ0n) is 17.4. The van der Waals surface area contributed by atoms with Gasteiger partial charge in [-0.1, -0.05) is 48.0 Å². The maximum atomic E-state index is 13.0. The molecule has 0 bridgehead atoms. The van der Waals surface area contributed by atoms with Gasteiger partial charge in [0.2, 0.25) is 5.91 Å². The standard InChI is InChI=1S/C25H22ClN3O3/c1-27-14-16-5-3-7-19(11-16)28-24(17-6-2-4-15(10-17)12-22(30)31)23-20-9-8-18(26)13-21(20)29-25(23)32/h2-11,13,23,27H,12,14H2,1H3,(H,29,32)(H,30,31). The number of carbonyl (C=O) groups excluding carboxylic acids is 1. The predicted octanol–water partition coefficient (Wildman–Crippen LogP) is 4.54. The van der Waals surface area contributed by atoms with Crippen molar-refractivity contribution in [3.05, 3.63) is 94.0 Å². The first-order valence-corrected chi connectivity index (χ1v) is 10.6. The van der Waals surface area contributed by atoms with Crippen molar-refractivity contribution in [3.63, 3.8) is 0 Å². The van der Waals surface area contributed by atoms with E-state index in [-0.39, 0.29) is 12.3 Å². The van der Waals surface area contributed by atoms with E-state index >= 15 is 0 Å². The number of nitrogens with one attached hydrogen (secondary N) is 2. The Balaban J connectivity index is 1.86. The quantitative estimate of drug-likeness (QED) is 0.463. The largest absolute Gasteiger partial charge is 0.481 e. The number of carboxylic acid groups (broad SMARTS) is 1. The Morgan fingerprint density at radius 3 is 2.66 bits per heavy atom. The molecule has 3 aromatic rings. The highest BCUT2D eigenvalue weighted by Gasteiger charge is 2.35. The Labute approximate surface area is 191 Å². The second-order valence-corrected chi connectivity index (χ2v) is 8.06. The molecule has 0 aromatic heterocycles. The van der Waals surface area contributed by atoms with Crippen molar-refractivity contribution in [3.8, 4) is 0 Å². The number of aliphatic carboxylic acids is 1. The van der Waals surface area contributed by atoms with Gasteiger partial charge >= 0.3 is 5.97 Å². The highest BCUT2D eigenvalue weighted by molar-refractivity contribution is 6.31. The maximum Gasteiger partial charge on any atom is 0.307 e. The Hall–Kier alpha value is -3.48.